The van der Waals surface area contributed by atoms with Crippen molar-refractivity contribution in [3.8, 4) is 5.75 Å². The van der Waals surface area contributed by atoms with Gasteiger partial charge in [0.1, 0.15) is 12.4 Å². The summed E-state index contributed by atoms with van der Waals surface area (Å²) in [6, 6.07) is 4.58. The Hall–Kier alpha value is -1.47. The fraction of sp³-hybridized carbons (Fsp3) is 0.333. The molecule has 0 bridgehead atoms. The molecule has 16 heavy (non-hydrogen) atoms. The van der Waals surface area contributed by atoms with Crippen LogP contribution in [0, 0.1) is 0 Å². The van der Waals surface area contributed by atoms with E-state index in [1.54, 1.807) is 12.1 Å². The van der Waals surface area contributed by atoms with E-state index >= 15 is 0 Å². The number of sulfonamides is 1. The van der Waals surface area contributed by atoms with Gasteiger partial charge in [0, 0.05) is 5.69 Å². The maximum Gasteiger partial charge on any atom is 0.229 e. The molecule has 0 fully saturated rings. The average molecular weight is 246 g/mol. The van der Waals surface area contributed by atoms with Gasteiger partial charge in [0.05, 0.1) is 18.6 Å². The smallest absolute Gasteiger partial charge is 0.229 e. The maximum atomic E-state index is 11.1. The summed E-state index contributed by atoms with van der Waals surface area (Å²) in [6.45, 7) is -0.0644. The summed E-state index contributed by atoms with van der Waals surface area (Å²) in [6.07, 6.45) is 1.03. The SMILES string of the molecule is CS(=O)(=O)Nc1cc(N)ccc1OCCO. The van der Waals surface area contributed by atoms with Gasteiger partial charge in [0.25, 0.3) is 0 Å². The fourth-order valence-corrected chi connectivity index (χ4v) is 1.67. The quantitative estimate of drug-likeness (QED) is 0.635. The number of ether oxygens (including phenoxy) is 1. The van der Waals surface area contributed by atoms with Crippen molar-refractivity contribution in [2.24, 2.45) is 0 Å². The molecule has 0 saturated carbocycles. The molecule has 0 radical (unpaired) electrons. The Kier molecular flexibility index (Phi) is 3.97. The molecule has 6 nitrogen and oxygen atoms in total. The van der Waals surface area contributed by atoms with Crippen LogP contribution in [0.3, 0.4) is 0 Å². The van der Waals surface area contributed by atoms with E-state index in [-0.39, 0.29) is 18.9 Å². The lowest BCUT2D eigenvalue weighted by atomic mass is 10.2. The molecule has 7 heteroatoms. The number of hydrogen-bond acceptors (Lipinski definition) is 5. The second-order valence-corrected chi connectivity index (χ2v) is 4.95. The minimum atomic E-state index is -3.39. The zero-order valence-electron chi connectivity index (χ0n) is 8.80. The van der Waals surface area contributed by atoms with Gasteiger partial charge >= 0.3 is 0 Å². The summed E-state index contributed by atoms with van der Waals surface area (Å²) >= 11 is 0. The highest BCUT2D eigenvalue weighted by atomic mass is 32.2. The molecule has 1 aromatic carbocycles. The second kappa shape index (κ2) is 5.04. The number of hydrogen-bond donors (Lipinski definition) is 3. The Bertz CT molecular complexity index is 459. The number of benzene rings is 1. The molecule has 4 N–H and O–H groups in total. The first-order valence-electron chi connectivity index (χ1n) is 4.53. The molecule has 0 heterocycles. The predicted octanol–water partition coefficient (Wildman–Crippen LogP) is 0.0114. The molecule has 90 valence electrons. The third-order valence-electron chi connectivity index (χ3n) is 1.65. The lowest BCUT2D eigenvalue weighted by Gasteiger charge is -2.12. The standard InChI is InChI=1S/C9H14N2O4S/c1-16(13,14)11-8-6-7(10)2-3-9(8)15-5-4-12/h2-3,6,11-12H,4-5,10H2,1H3. The zero-order chi connectivity index (χ0) is 12.2. The van der Waals surface area contributed by atoms with Crippen molar-refractivity contribution < 1.29 is 18.3 Å². The average Bonchev–Trinajstić information content (AvgIpc) is 2.14. The Balaban J connectivity index is 2.98. The molecule has 0 amide bonds. The van der Waals surface area contributed by atoms with E-state index in [9.17, 15) is 8.42 Å². The molecule has 0 unspecified atom stereocenters. The van der Waals surface area contributed by atoms with Gasteiger partial charge < -0.3 is 15.6 Å². The molecule has 0 saturated heterocycles. The van der Waals surface area contributed by atoms with E-state index in [1.165, 1.54) is 6.07 Å². The van der Waals surface area contributed by atoms with Gasteiger partial charge in [-0.1, -0.05) is 0 Å². The van der Waals surface area contributed by atoms with Crippen molar-refractivity contribution in [2.75, 3.05) is 29.9 Å². The van der Waals surface area contributed by atoms with Crippen molar-refractivity contribution in [3.63, 3.8) is 0 Å². The van der Waals surface area contributed by atoms with Gasteiger partial charge in [-0.05, 0) is 18.2 Å². The van der Waals surface area contributed by atoms with Crippen molar-refractivity contribution in [1.82, 2.24) is 0 Å². The van der Waals surface area contributed by atoms with Crippen molar-refractivity contribution in [2.45, 2.75) is 0 Å². The molecular formula is C9H14N2O4S. The van der Waals surface area contributed by atoms with Crippen LogP contribution in [-0.2, 0) is 10.0 Å². The molecule has 0 aliphatic carbocycles. The number of rotatable bonds is 5. The summed E-state index contributed by atoms with van der Waals surface area (Å²) in [5.41, 5.74) is 6.21. The molecule has 0 aromatic heterocycles. The minimum Gasteiger partial charge on any atom is -0.489 e. The minimum absolute atomic E-state index is 0.0857. The first-order valence-corrected chi connectivity index (χ1v) is 6.42. The fourth-order valence-electron chi connectivity index (χ4n) is 1.11. The first kappa shape index (κ1) is 12.6. The lowest BCUT2D eigenvalue weighted by molar-refractivity contribution is 0.202. The summed E-state index contributed by atoms with van der Waals surface area (Å²) in [5.74, 6) is 0.327. The van der Waals surface area contributed by atoms with Crippen LogP contribution in [0.1, 0.15) is 0 Å². The van der Waals surface area contributed by atoms with Gasteiger partial charge in [0.15, 0.2) is 0 Å². The highest BCUT2D eigenvalue weighted by Crippen LogP contribution is 2.27. The molecule has 0 atom stereocenters. The molecular weight excluding hydrogens is 232 g/mol. The van der Waals surface area contributed by atoms with Gasteiger partial charge in [-0.25, -0.2) is 8.42 Å². The molecule has 0 spiro atoms. The first-order chi connectivity index (χ1) is 7.42. The Morgan fingerprint density at radius 2 is 2.19 bits per heavy atom. The Morgan fingerprint density at radius 3 is 2.75 bits per heavy atom. The normalized spacial score (nSPS) is 11.1. The maximum absolute atomic E-state index is 11.1. The van der Waals surface area contributed by atoms with Crippen LogP contribution in [0.25, 0.3) is 0 Å². The third kappa shape index (κ3) is 3.95. The third-order valence-corrected chi connectivity index (χ3v) is 2.24. The summed E-state index contributed by atoms with van der Waals surface area (Å²) < 4.78 is 29.6. The van der Waals surface area contributed by atoms with E-state index in [4.69, 9.17) is 15.6 Å². The number of aliphatic hydroxyl groups is 1. The number of anilines is 2. The molecule has 1 aromatic rings. The van der Waals surface area contributed by atoms with E-state index in [1.807, 2.05) is 0 Å². The van der Waals surface area contributed by atoms with E-state index in [0.29, 0.717) is 11.4 Å². The van der Waals surface area contributed by atoms with Crippen molar-refractivity contribution in [1.29, 1.82) is 0 Å². The van der Waals surface area contributed by atoms with Gasteiger partial charge in [-0.15, -0.1) is 0 Å². The van der Waals surface area contributed by atoms with Crippen molar-refractivity contribution >= 4 is 21.4 Å². The van der Waals surface area contributed by atoms with Gasteiger partial charge in [-0.3, -0.25) is 4.72 Å². The Morgan fingerprint density at radius 1 is 1.50 bits per heavy atom. The predicted molar refractivity (Wildman–Crippen MR) is 61.9 cm³/mol. The molecule has 0 aliphatic heterocycles. The highest BCUT2D eigenvalue weighted by Gasteiger charge is 2.08. The molecule has 0 aliphatic rings. The zero-order valence-corrected chi connectivity index (χ0v) is 9.62. The second-order valence-electron chi connectivity index (χ2n) is 3.20. The van der Waals surface area contributed by atoms with Crippen molar-refractivity contribution in [3.05, 3.63) is 18.2 Å². The number of nitrogens with two attached hydrogens (primary N) is 1. The highest BCUT2D eigenvalue weighted by molar-refractivity contribution is 7.92. The van der Waals surface area contributed by atoms with Crippen LogP contribution in [0.4, 0.5) is 11.4 Å². The van der Waals surface area contributed by atoms with Crippen LogP contribution in [0.2, 0.25) is 0 Å². The van der Waals surface area contributed by atoms with E-state index in [0.717, 1.165) is 6.26 Å². The Labute approximate surface area is 94.1 Å². The van der Waals surface area contributed by atoms with E-state index < -0.39 is 10.0 Å². The number of nitrogens with one attached hydrogen (secondary N) is 1. The number of nitrogen functional groups attached to an aromatic ring is 1. The summed E-state index contributed by atoms with van der Waals surface area (Å²) in [5, 5.41) is 8.62. The van der Waals surface area contributed by atoms with Crippen LogP contribution in [0.15, 0.2) is 18.2 Å². The van der Waals surface area contributed by atoms with Crippen LogP contribution < -0.4 is 15.2 Å². The van der Waals surface area contributed by atoms with Crippen LogP contribution in [0.5, 0.6) is 5.75 Å². The van der Waals surface area contributed by atoms with Gasteiger partial charge in [0.2, 0.25) is 10.0 Å². The summed E-state index contributed by atoms with van der Waals surface area (Å²) in [4.78, 5) is 0. The largest absolute Gasteiger partial charge is 0.489 e. The van der Waals surface area contributed by atoms with Gasteiger partial charge in [-0.2, -0.15) is 0 Å². The monoisotopic (exact) mass is 246 g/mol. The molecule has 1 rings (SSSR count). The topological polar surface area (TPSA) is 102 Å². The van der Waals surface area contributed by atoms with Crippen LogP contribution in [-0.4, -0.2) is 33.0 Å². The lowest BCUT2D eigenvalue weighted by Crippen LogP contribution is -2.12. The summed E-state index contributed by atoms with van der Waals surface area (Å²) in [7, 11) is -3.39. The van der Waals surface area contributed by atoms with E-state index in [2.05, 4.69) is 4.72 Å². The number of aliphatic hydroxyl groups excluding tert-OH is 1. The van der Waals surface area contributed by atoms with Crippen LogP contribution >= 0.6 is 0 Å².